The molecule has 0 aromatic heterocycles. The van der Waals surface area contributed by atoms with Crippen molar-refractivity contribution in [1.29, 1.82) is 0 Å². The Morgan fingerprint density at radius 3 is 2.32 bits per heavy atom. The number of nitrogens with one attached hydrogen (secondary N) is 3. The second-order valence-electron chi connectivity index (χ2n) is 5.92. The molecule has 0 aliphatic rings. The first kappa shape index (κ1) is 21.1. The number of methoxy groups -OCH3 is 1. The maximum atomic E-state index is 13.3. The molecule has 0 atom stereocenters. The summed E-state index contributed by atoms with van der Waals surface area (Å²) in [7, 11) is 1.54. The third-order valence-corrected chi connectivity index (χ3v) is 3.73. The van der Waals surface area contributed by atoms with Crippen LogP contribution in [0.2, 0.25) is 0 Å². The summed E-state index contributed by atoms with van der Waals surface area (Å²) >= 11 is 0. The molecule has 6 nitrogen and oxygen atoms in total. The quantitative estimate of drug-likeness (QED) is 0.671. The Labute approximate surface area is 160 Å². The lowest BCUT2D eigenvalue weighted by Crippen LogP contribution is -2.30. The van der Waals surface area contributed by atoms with Crippen LogP contribution in [0.3, 0.4) is 0 Å². The molecule has 0 spiro atoms. The number of anilines is 2. The molecular weight excluding hydrogens is 375 g/mol. The van der Waals surface area contributed by atoms with Crippen LogP contribution in [0.25, 0.3) is 0 Å². The van der Waals surface area contributed by atoms with Crippen LogP contribution in [0.5, 0.6) is 5.75 Å². The van der Waals surface area contributed by atoms with E-state index in [1.807, 2.05) is 0 Å². The number of carbonyl (C=O) groups excluding carboxylic acids is 2. The van der Waals surface area contributed by atoms with Gasteiger partial charge in [0.25, 0.3) is 0 Å². The minimum Gasteiger partial charge on any atom is -0.497 e. The minimum atomic E-state index is -4.64. The van der Waals surface area contributed by atoms with Gasteiger partial charge in [0.1, 0.15) is 5.75 Å². The molecule has 0 bridgehead atoms. The maximum Gasteiger partial charge on any atom is 0.418 e. The molecule has 2 aromatic rings. The minimum absolute atomic E-state index is 0.0225. The molecule has 0 heterocycles. The van der Waals surface area contributed by atoms with Crippen LogP contribution in [0.4, 0.5) is 24.5 Å². The molecule has 2 rings (SSSR count). The number of ether oxygens (including phenoxy) is 1. The number of benzene rings is 2. The maximum absolute atomic E-state index is 13.3. The van der Waals surface area contributed by atoms with Gasteiger partial charge in [-0.3, -0.25) is 9.59 Å². The van der Waals surface area contributed by atoms with Gasteiger partial charge in [-0.25, -0.2) is 0 Å². The van der Waals surface area contributed by atoms with Crippen molar-refractivity contribution in [1.82, 2.24) is 5.32 Å². The normalized spacial score (nSPS) is 10.9. The van der Waals surface area contributed by atoms with Gasteiger partial charge in [-0.2, -0.15) is 13.2 Å². The molecule has 9 heteroatoms. The van der Waals surface area contributed by atoms with Crippen LogP contribution < -0.4 is 20.7 Å². The van der Waals surface area contributed by atoms with E-state index in [1.165, 1.54) is 19.1 Å². The third-order valence-electron chi connectivity index (χ3n) is 3.73. The average molecular weight is 395 g/mol. The lowest BCUT2D eigenvalue weighted by molar-refractivity contribution is -0.137. The first-order chi connectivity index (χ1) is 13.2. The fraction of sp³-hybridized carbons (Fsp3) is 0.263. The Morgan fingerprint density at radius 2 is 1.75 bits per heavy atom. The summed E-state index contributed by atoms with van der Waals surface area (Å²) in [6, 6.07) is 10.3. The molecule has 0 unspecified atom stereocenters. The second kappa shape index (κ2) is 9.12. The van der Waals surface area contributed by atoms with Crippen molar-refractivity contribution in [3.8, 4) is 5.75 Å². The zero-order valence-electron chi connectivity index (χ0n) is 15.3. The van der Waals surface area contributed by atoms with Crippen molar-refractivity contribution in [3.05, 3.63) is 53.6 Å². The van der Waals surface area contributed by atoms with Crippen LogP contribution in [-0.2, 0) is 22.3 Å². The van der Waals surface area contributed by atoms with Gasteiger partial charge in [-0.1, -0.05) is 12.1 Å². The van der Waals surface area contributed by atoms with Crippen molar-refractivity contribution in [3.63, 3.8) is 0 Å². The SMILES string of the molecule is COc1ccc(CNC(=O)CNc2ccc(NC(C)=O)cc2C(F)(F)F)cc1. The van der Waals surface area contributed by atoms with Gasteiger partial charge in [0, 0.05) is 24.8 Å². The molecule has 0 saturated heterocycles. The molecule has 2 amide bonds. The smallest absolute Gasteiger partial charge is 0.418 e. The van der Waals surface area contributed by atoms with Gasteiger partial charge in [0.2, 0.25) is 11.8 Å². The molecule has 0 radical (unpaired) electrons. The number of hydrogen-bond acceptors (Lipinski definition) is 4. The van der Waals surface area contributed by atoms with E-state index in [9.17, 15) is 22.8 Å². The highest BCUT2D eigenvalue weighted by Gasteiger charge is 2.34. The summed E-state index contributed by atoms with van der Waals surface area (Å²) in [6.45, 7) is 1.10. The van der Waals surface area contributed by atoms with Gasteiger partial charge < -0.3 is 20.7 Å². The van der Waals surface area contributed by atoms with E-state index < -0.39 is 23.6 Å². The molecule has 0 aliphatic heterocycles. The Bertz CT molecular complexity index is 837. The van der Waals surface area contributed by atoms with Gasteiger partial charge in [0.05, 0.1) is 19.2 Å². The van der Waals surface area contributed by atoms with Gasteiger partial charge in [0.15, 0.2) is 0 Å². The summed E-state index contributed by atoms with van der Waals surface area (Å²) in [4.78, 5) is 23.0. The van der Waals surface area contributed by atoms with E-state index in [0.717, 1.165) is 11.6 Å². The predicted molar refractivity (Wildman–Crippen MR) is 99.1 cm³/mol. The summed E-state index contributed by atoms with van der Waals surface area (Å²) < 4.78 is 44.8. The molecule has 0 fully saturated rings. The first-order valence-electron chi connectivity index (χ1n) is 8.31. The monoisotopic (exact) mass is 395 g/mol. The predicted octanol–water partition coefficient (Wildman–Crippen LogP) is 3.40. The molecule has 0 aliphatic carbocycles. The number of rotatable bonds is 7. The van der Waals surface area contributed by atoms with Gasteiger partial charge in [-0.15, -0.1) is 0 Å². The van der Waals surface area contributed by atoms with E-state index in [-0.39, 0.29) is 24.5 Å². The molecule has 0 saturated carbocycles. The number of amides is 2. The zero-order chi connectivity index (χ0) is 20.7. The summed E-state index contributed by atoms with van der Waals surface area (Å²) in [5.74, 6) is -0.263. The van der Waals surface area contributed by atoms with E-state index in [2.05, 4.69) is 16.0 Å². The second-order valence-corrected chi connectivity index (χ2v) is 5.92. The summed E-state index contributed by atoms with van der Waals surface area (Å²) in [5, 5.41) is 7.41. The Kier molecular flexibility index (Phi) is 6.86. The number of halogens is 3. The number of carbonyl (C=O) groups is 2. The fourth-order valence-corrected chi connectivity index (χ4v) is 2.40. The standard InChI is InChI=1S/C19H20F3N3O3/c1-12(26)25-14-5-8-17(16(9-14)19(20,21)22)23-11-18(27)24-10-13-3-6-15(28-2)7-4-13/h3-9,23H,10-11H2,1-2H3,(H,24,27)(H,25,26). The van der Waals surface area contributed by atoms with E-state index in [4.69, 9.17) is 4.74 Å². The highest BCUT2D eigenvalue weighted by Crippen LogP contribution is 2.36. The largest absolute Gasteiger partial charge is 0.497 e. The fourth-order valence-electron chi connectivity index (χ4n) is 2.40. The van der Waals surface area contributed by atoms with Gasteiger partial charge in [-0.05, 0) is 35.9 Å². The molecule has 150 valence electrons. The molecular formula is C19H20F3N3O3. The third kappa shape index (κ3) is 6.19. The van der Waals surface area contributed by atoms with E-state index in [1.54, 1.807) is 31.4 Å². The Morgan fingerprint density at radius 1 is 1.07 bits per heavy atom. The topological polar surface area (TPSA) is 79.5 Å². The molecule has 2 aromatic carbocycles. The van der Waals surface area contributed by atoms with Crippen molar-refractivity contribution < 1.29 is 27.5 Å². The van der Waals surface area contributed by atoms with E-state index in [0.29, 0.717) is 5.75 Å². The zero-order valence-corrected chi connectivity index (χ0v) is 15.3. The lowest BCUT2D eigenvalue weighted by atomic mass is 10.1. The van der Waals surface area contributed by atoms with Crippen LogP contribution in [0, 0.1) is 0 Å². The number of hydrogen-bond donors (Lipinski definition) is 3. The summed E-state index contributed by atoms with van der Waals surface area (Å²) in [5.41, 5.74) is -0.373. The van der Waals surface area contributed by atoms with E-state index >= 15 is 0 Å². The van der Waals surface area contributed by atoms with Crippen LogP contribution in [0.1, 0.15) is 18.1 Å². The molecule has 3 N–H and O–H groups in total. The van der Waals surface area contributed by atoms with Crippen LogP contribution >= 0.6 is 0 Å². The Balaban J connectivity index is 1.98. The average Bonchev–Trinajstić information content (AvgIpc) is 2.64. The number of alkyl halides is 3. The first-order valence-corrected chi connectivity index (χ1v) is 8.31. The highest BCUT2D eigenvalue weighted by atomic mass is 19.4. The van der Waals surface area contributed by atoms with Crippen molar-refractivity contribution >= 4 is 23.2 Å². The Hall–Kier alpha value is -3.23. The van der Waals surface area contributed by atoms with Crippen molar-refractivity contribution in [2.45, 2.75) is 19.6 Å². The van der Waals surface area contributed by atoms with Gasteiger partial charge >= 0.3 is 6.18 Å². The highest BCUT2D eigenvalue weighted by molar-refractivity contribution is 5.89. The summed E-state index contributed by atoms with van der Waals surface area (Å²) in [6.07, 6.45) is -4.64. The van der Waals surface area contributed by atoms with Crippen molar-refractivity contribution in [2.75, 3.05) is 24.3 Å². The molecule has 28 heavy (non-hydrogen) atoms. The van der Waals surface area contributed by atoms with Crippen LogP contribution in [-0.4, -0.2) is 25.5 Å². The lowest BCUT2D eigenvalue weighted by Gasteiger charge is -2.16. The van der Waals surface area contributed by atoms with Crippen molar-refractivity contribution in [2.24, 2.45) is 0 Å². The van der Waals surface area contributed by atoms with Crippen LogP contribution in [0.15, 0.2) is 42.5 Å².